The van der Waals surface area contributed by atoms with E-state index in [0.29, 0.717) is 6.61 Å². The van der Waals surface area contributed by atoms with Gasteiger partial charge in [-0.1, -0.05) is 20.8 Å². The van der Waals surface area contributed by atoms with Crippen molar-refractivity contribution in [3.05, 3.63) is 35.1 Å². The smallest absolute Gasteiger partial charge is 0.274 e. The van der Waals surface area contributed by atoms with Crippen molar-refractivity contribution < 1.29 is 13.9 Å². The average Bonchev–Trinajstić information content (AvgIpc) is 2.62. The fraction of sp³-hybridized carbons (Fsp3) is 0.680. The molecule has 1 aromatic rings. The van der Waals surface area contributed by atoms with Crippen LogP contribution in [0, 0.1) is 23.7 Å². The maximum Gasteiger partial charge on any atom is 0.274 e. The van der Waals surface area contributed by atoms with Crippen LogP contribution in [0.25, 0.3) is 0 Å². The van der Waals surface area contributed by atoms with E-state index in [4.69, 9.17) is 13.9 Å². The van der Waals surface area contributed by atoms with Crippen molar-refractivity contribution in [2.24, 2.45) is 23.7 Å². The molecule has 0 spiro atoms. The highest BCUT2D eigenvalue weighted by Crippen LogP contribution is 2.56. The molecule has 0 heterocycles. The first-order chi connectivity index (χ1) is 13.8. The van der Waals surface area contributed by atoms with Crippen molar-refractivity contribution in [2.45, 2.75) is 78.0 Å². The number of hydrogen-bond acceptors (Lipinski definition) is 3. The van der Waals surface area contributed by atoms with Crippen molar-refractivity contribution in [1.82, 2.24) is 0 Å². The zero-order chi connectivity index (χ0) is 20.8. The Labute approximate surface area is 178 Å². The molecule has 29 heavy (non-hydrogen) atoms. The molecule has 0 saturated heterocycles. The molecule has 4 bridgehead atoms. The zero-order valence-electron chi connectivity index (χ0n) is 19.0. The van der Waals surface area contributed by atoms with E-state index in [2.05, 4.69) is 52.3 Å². The SMILES string of the molecule is COc1ccc(COC=C2C3CC4CC(C3)CC2C4)c(O[Si](C)C)c1C(C)(C)C. The number of rotatable bonds is 6. The minimum Gasteiger partial charge on any atom is -0.542 e. The summed E-state index contributed by atoms with van der Waals surface area (Å²) in [5, 5.41) is 0. The van der Waals surface area contributed by atoms with E-state index in [1.54, 1.807) is 12.7 Å². The molecule has 3 nitrogen and oxygen atoms in total. The lowest BCUT2D eigenvalue weighted by Gasteiger charge is -2.51. The van der Waals surface area contributed by atoms with Gasteiger partial charge in [-0.05, 0) is 92.0 Å². The van der Waals surface area contributed by atoms with E-state index in [9.17, 15) is 0 Å². The maximum atomic E-state index is 6.40. The Balaban J connectivity index is 1.57. The van der Waals surface area contributed by atoms with E-state index in [1.807, 2.05) is 0 Å². The van der Waals surface area contributed by atoms with E-state index in [0.717, 1.165) is 46.3 Å². The van der Waals surface area contributed by atoms with Crippen molar-refractivity contribution >= 4 is 9.04 Å². The van der Waals surface area contributed by atoms with Crippen molar-refractivity contribution in [1.29, 1.82) is 0 Å². The van der Waals surface area contributed by atoms with Gasteiger partial charge in [-0.3, -0.25) is 0 Å². The second-order valence-corrected chi connectivity index (χ2v) is 12.6. The highest BCUT2D eigenvalue weighted by Gasteiger charge is 2.45. The summed E-state index contributed by atoms with van der Waals surface area (Å²) in [4.78, 5) is 0. The van der Waals surface area contributed by atoms with Gasteiger partial charge >= 0.3 is 0 Å². The van der Waals surface area contributed by atoms with Gasteiger partial charge in [0, 0.05) is 11.1 Å². The van der Waals surface area contributed by atoms with Gasteiger partial charge in [0.1, 0.15) is 18.1 Å². The van der Waals surface area contributed by atoms with Crippen molar-refractivity contribution in [2.75, 3.05) is 7.11 Å². The predicted molar refractivity (Wildman–Crippen MR) is 120 cm³/mol. The third kappa shape index (κ3) is 4.23. The Morgan fingerprint density at radius 2 is 1.62 bits per heavy atom. The third-order valence-electron chi connectivity index (χ3n) is 7.02. The lowest BCUT2D eigenvalue weighted by Crippen LogP contribution is -2.40. The van der Waals surface area contributed by atoms with Crippen LogP contribution < -0.4 is 9.16 Å². The quantitative estimate of drug-likeness (QED) is 0.394. The highest BCUT2D eigenvalue weighted by molar-refractivity contribution is 6.49. The first-order valence-corrected chi connectivity index (χ1v) is 13.7. The Kier molecular flexibility index (Phi) is 5.76. The van der Waals surface area contributed by atoms with Crippen LogP contribution in [-0.2, 0) is 16.8 Å². The first-order valence-electron chi connectivity index (χ1n) is 11.3. The molecule has 0 N–H and O–H groups in total. The van der Waals surface area contributed by atoms with Gasteiger partial charge in [0.05, 0.1) is 13.4 Å². The lowest BCUT2D eigenvalue weighted by atomic mass is 9.54. The Morgan fingerprint density at radius 1 is 1.00 bits per heavy atom. The Bertz CT molecular complexity index is 745. The number of hydrogen-bond donors (Lipinski definition) is 0. The summed E-state index contributed by atoms with van der Waals surface area (Å²) in [5.74, 6) is 5.41. The Hall–Kier alpha value is -1.42. The van der Waals surface area contributed by atoms with Crippen LogP contribution in [0.3, 0.4) is 0 Å². The molecule has 4 heteroatoms. The normalized spacial score (nSPS) is 28.0. The predicted octanol–water partition coefficient (Wildman–Crippen LogP) is 6.48. The summed E-state index contributed by atoms with van der Waals surface area (Å²) in [6.07, 6.45) is 9.19. The first kappa shape index (κ1) is 20.8. The van der Waals surface area contributed by atoms with Gasteiger partial charge in [-0.15, -0.1) is 0 Å². The molecule has 1 radical (unpaired) electrons. The molecule has 0 amide bonds. The van der Waals surface area contributed by atoms with Gasteiger partial charge in [0.15, 0.2) is 0 Å². The topological polar surface area (TPSA) is 27.7 Å². The monoisotopic (exact) mass is 413 g/mol. The number of allylic oxidation sites excluding steroid dienone is 1. The second-order valence-electron chi connectivity index (χ2n) is 10.6. The number of benzene rings is 1. The van der Waals surface area contributed by atoms with Gasteiger partial charge in [0.2, 0.25) is 0 Å². The lowest BCUT2D eigenvalue weighted by molar-refractivity contribution is 0.0631. The fourth-order valence-corrected chi connectivity index (χ4v) is 6.71. The minimum absolute atomic E-state index is 0.0616. The summed E-state index contributed by atoms with van der Waals surface area (Å²) in [7, 11) is 0.842. The largest absolute Gasteiger partial charge is 0.542 e. The van der Waals surface area contributed by atoms with Crippen LogP contribution >= 0.6 is 0 Å². The minimum atomic E-state index is -0.900. The molecule has 0 unspecified atom stereocenters. The standard InChI is InChI=1S/C25H37O3Si/c1-25(2,3)23-22(26-4)8-7-18(24(23)28-29(5)6)14-27-15-21-19-10-16-9-17(12-19)13-20(21)11-16/h7-8,15-17,19-20H,9-14H2,1-6H3. The van der Waals surface area contributed by atoms with Crippen LogP contribution in [0.1, 0.15) is 64.0 Å². The van der Waals surface area contributed by atoms with Crippen LogP contribution in [0.2, 0.25) is 13.1 Å². The molecule has 4 fully saturated rings. The molecule has 5 rings (SSSR count). The summed E-state index contributed by atoms with van der Waals surface area (Å²) >= 11 is 0. The van der Waals surface area contributed by atoms with Gasteiger partial charge in [-0.25, -0.2) is 0 Å². The van der Waals surface area contributed by atoms with E-state index in [1.165, 1.54) is 32.1 Å². The van der Waals surface area contributed by atoms with E-state index >= 15 is 0 Å². The molecule has 1 aromatic carbocycles. The van der Waals surface area contributed by atoms with E-state index < -0.39 is 9.04 Å². The molecule has 4 saturated carbocycles. The molecule has 0 atom stereocenters. The second kappa shape index (κ2) is 8.01. The molecule has 0 aromatic heterocycles. The van der Waals surface area contributed by atoms with Gasteiger partial charge in [-0.2, -0.15) is 0 Å². The molecule has 4 aliphatic carbocycles. The van der Waals surface area contributed by atoms with Crippen molar-refractivity contribution in [3.8, 4) is 11.5 Å². The Morgan fingerprint density at radius 3 is 2.14 bits per heavy atom. The molecule has 159 valence electrons. The third-order valence-corrected chi connectivity index (χ3v) is 7.63. The van der Waals surface area contributed by atoms with Gasteiger partial charge in [0.25, 0.3) is 9.04 Å². The van der Waals surface area contributed by atoms with Gasteiger partial charge < -0.3 is 13.9 Å². The summed E-state index contributed by atoms with van der Waals surface area (Å²) in [5.41, 5.74) is 3.81. The van der Waals surface area contributed by atoms with Crippen LogP contribution in [0.5, 0.6) is 11.5 Å². The summed E-state index contributed by atoms with van der Waals surface area (Å²) in [6.45, 7) is 11.6. The molecule has 0 aliphatic heterocycles. The average molecular weight is 414 g/mol. The highest BCUT2D eigenvalue weighted by atomic mass is 28.3. The maximum absolute atomic E-state index is 6.40. The fourth-order valence-electron chi connectivity index (χ4n) is 6.07. The summed E-state index contributed by atoms with van der Waals surface area (Å²) < 4.78 is 18.3. The van der Waals surface area contributed by atoms with Crippen molar-refractivity contribution in [3.63, 3.8) is 0 Å². The zero-order valence-corrected chi connectivity index (χ0v) is 20.0. The molecular formula is C25H37O3Si. The van der Waals surface area contributed by atoms with E-state index in [-0.39, 0.29) is 5.41 Å². The summed E-state index contributed by atoms with van der Waals surface area (Å²) in [6, 6.07) is 4.18. The number of ether oxygens (including phenoxy) is 2. The number of methoxy groups -OCH3 is 1. The van der Waals surface area contributed by atoms with Crippen LogP contribution in [0.15, 0.2) is 24.0 Å². The van der Waals surface area contributed by atoms with Crippen LogP contribution in [0.4, 0.5) is 0 Å². The molecule has 4 aliphatic rings. The molecular weight excluding hydrogens is 376 g/mol. The van der Waals surface area contributed by atoms with Crippen LogP contribution in [-0.4, -0.2) is 16.2 Å².